The molecule has 0 aliphatic heterocycles. The van der Waals surface area contributed by atoms with Gasteiger partial charge in [0.05, 0.1) is 20.8 Å². The third kappa shape index (κ3) is 5.67. The molecule has 31 heavy (non-hydrogen) atoms. The predicted molar refractivity (Wildman–Crippen MR) is 118 cm³/mol. The normalized spacial score (nSPS) is 13.3. The van der Waals surface area contributed by atoms with Crippen LogP contribution in [0.5, 0.6) is 11.5 Å². The first kappa shape index (κ1) is 21.0. The number of hydrogen-bond acceptors (Lipinski definition) is 5. The second-order valence-electron chi connectivity index (χ2n) is 7.82. The lowest BCUT2D eigenvalue weighted by atomic mass is 10.1. The van der Waals surface area contributed by atoms with Crippen molar-refractivity contribution in [2.45, 2.75) is 38.5 Å². The summed E-state index contributed by atoms with van der Waals surface area (Å²) >= 11 is 0. The summed E-state index contributed by atoms with van der Waals surface area (Å²) in [6.45, 7) is 1.93. The van der Waals surface area contributed by atoms with Crippen LogP contribution in [-0.4, -0.2) is 31.1 Å². The minimum atomic E-state index is -0.141. The standard InChI is InChI=1S/C25H28N2O4/c1-29-21-10-12-23(30-2)19(14-21)16-27(15-18-6-4-3-5-7-18)17-22-11-13-24(31-22)25(28)26-20-8-9-20/h3-7,10-14,20H,8-9,15-17H2,1-2H3,(H,26,28). The molecule has 1 aromatic heterocycles. The van der Waals surface area contributed by atoms with Crippen LogP contribution in [0.1, 0.15) is 40.3 Å². The van der Waals surface area contributed by atoms with Crippen molar-refractivity contribution < 1.29 is 18.7 Å². The highest BCUT2D eigenvalue weighted by molar-refractivity contribution is 5.91. The molecule has 162 valence electrons. The number of carbonyl (C=O) groups is 1. The van der Waals surface area contributed by atoms with Gasteiger partial charge in [0.15, 0.2) is 5.76 Å². The van der Waals surface area contributed by atoms with Crippen LogP contribution in [0.15, 0.2) is 65.1 Å². The van der Waals surface area contributed by atoms with Crippen molar-refractivity contribution in [2.24, 2.45) is 0 Å². The maximum absolute atomic E-state index is 12.3. The Morgan fingerprint density at radius 2 is 1.81 bits per heavy atom. The molecule has 1 saturated carbocycles. The number of amides is 1. The Morgan fingerprint density at radius 3 is 2.52 bits per heavy atom. The summed E-state index contributed by atoms with van der Waals surface area (Å²) in [6.07, 6.45) is 2.10. The number of nitrogens with one attached hydrogen (secondary N) is 1. The highest BCUT2D eigenvalue weighted by Gasteiger charge is 2.25. The number of hydrogen-bond donors (Lipinski definition) is 1. The van der Waals surface area contributed by atoms with Crippen LogP contribution in [0.25, 0.3) is 0 Å². The maximum Gasteiger partial charge on any atom is 0.287 e. The van der Waals surface area contributed by atoms with Gasteiger partial charge in [-0.1, -0.05) is 30.3 Å². The van der Waals surface area contributed by atoms with Gasteiger partial charge in [-0.2, -0.15) is 0 Å². The van der Waals surface area contributed by atoms with E-state index in [0.717, 1.165) is 42.2 Å². The molecule has 1 N–H and O–H groups in total. The molecular weight excluding hydrogens is 392 g/mol. The zero-order valence-electron chi connectivity index (χ0n) is 18.0. The van der Waals surface area contributed by atoms with Gasteiger partial charge in [-0.25, -0.2) is 0 Å². The number of furan rings is 1. The van der Waals surface area contributed by atoms with Crippen molar-refractivity contribution in [1.82, 2.24) is 10.2 Å². The largest absolute Gasteiger partial charge is 0.497 e. The Kier molecular flexibility index (Phi) is 6.57. The van der Waals surface area contributed by atoms with Crippen molar-refractivity contribution in [2.75, 3.05) is 14.2 Å². The Balaban J connectivity index is 1.53. The van der Waals surface area contributed by atoms with Crippen molar-refractivity contribution in [1.29, 1.82) is 0 Å². The molecule has 0 radical (unpaired) electrons. The Hall–Kier alpha value is -3.25. The number of carbonyl (C=O) groups excluding carboxylic acids is 1. The first-order valence-corrected chi connectivity index (χ1v) is 10.5. The minimum Gasteiger partial charge on any atom is -0.497 e. The molecule has 1 heterocycles. The van der Waals surface area contributed by atoms with E-state index in [0.29, 0.717) is 24.9 Å². The monoisotopic (exact) mass is 420 g/mol. The molecule has 6 nitrogen and oxygen atoms in total. The SMILES string of the molecule is COc1ccc(OC)c(CN(Cc2ccccc2)Cc2ccc(C(=O)NC3CC3)o2)c1. The van der Waals surface area contributed by atoms with Gasteiger partial charge in [0.25, 0.3) is 5.91 Å². The van der Waals surface area contributed by atoms with Crippen LogP contribution >= 0.6 is 0 Å². The number of ether oxygens (including phenoxy) is 2. The predicted octanol–water partition coefficient (Wildman–Crippen LogP) is 4.39. The van der Waals surface area contributed by atoms with Crippen LogP contribution in [0.4, 0.5) is 0 Å². The van der Waals surface area contributed by atoms with Crippen LogP contribution in [0, 0.1) is 0 Å². The molecule has 3 aromatic rings. The smallest absolute Gasteiger partial charge is 0.287 e. The zero-order valence-corrected chi connectivity index (χ0v) is 18.0. The Bertz CT molecular complexity index is 1010. The van der Waals surface area contributed by atoms with E-state index in [9.17, 15) is 4.79 Å². The minimum absolute atomic E-state index is 0.141. The zero-order chi connectivity index (χ0) is 21.6. The first-order valence-electron chi connectivity index (χ1n) is 10.5. The lowest BCUT2D eigenvalue weighted by Crippen LogP contribution is -2.25. The summed E-state index contributed by atoms with van der Waals surface area (Å²) in [7, 11) is 3.33. The van der Waals surface area contributed by atoms with E-state index in [1.807, 2.05) is 42.5 Å². The highest BCUT2D eigenvalue weighted by atomic mass is 16.5. The first-order chi connectivity index (χ1) is 15.1. The molecule has 1 amide bonds. The highest BCUT2D eigenvalue weighted by Crippen LogP contribution is 2.27. The number of rotatable bonds is 10. The molecular formula is C25H28N2O4. The maximum atomic E-state index is 12.3. The lowest BCUT2D eigenvalue weighted by Gasteiger charge is -2.23. The molecule has 0 atom stereocenters. The van der Waals surface area contributed by atoms with Crippen LogP contribution in [-0.2, 0) is 19.6 Å². The van der Waals surface area contributed by atoms with Gasteiger partial charge >= 0.3 is 0 Å². The summed E-state index contributed by atoms with van der Waals surface area (Å²) in [5.74, 6) is 2.56. The van der Waals surface area contributed by atoms with Crippen LogP contribution < -0.4 is 14.8 Å². The molecule has 1 aliphatic carbocycles. The molecule has 1 fully saturated rings. The van der Waals surface area contributed by atoms with Gasteiger partial charge in [0.2, 0.25) is 0 Å². The van der Waals surface area contributed by atoms with E-state index >= 15 is 0 Å². The van der Waals surface area contributed by atoms with E-state index in [1.54, 1.807) is 20.3 Å². The van der Waals surface area contributed by atoms with Gasteiger partial charge < -0.3 is 19.2 Å². The quantitative estimate of drug-likeness (QED) is 0.527. The van der Waals surface area contributed by atoms with Crippen molar-refractivity contribution in [3.05, 3.63) is 83.3 Å². The fraction of sp³-hybridized carbons (Fsp3) is 0.320. The van der Waals surface area contributed by atoms with Crippen LogP contribution in [0.2, 0.25) is 0 Å². The summed E-state index contributed by atoms with van der Waals surface area (Å²) < 4.78 is 16.8. The molecule has 4 rings (SSSR count). The van der Waals surface area contributed by atoms with Gasteiger partial charge in [-0.05, 0) is 48.7 Å². The van der Waals surface area contributed by atoms with Crippen molar-refractivity contribution in [3.8, 4) is 11.5 Å². The Labute approximate surface area is 182 Å². The molecule has 0 unspecified atom stereocenters. The summed E-state index contributed by atoms with van der Waals surface area (Å²) in [5.41, 5.74) is 2.22. The van der Waals surface area contributed by atoms with E-state index in [2.05, 4.69) is 22.3 Å². The van der Waals surface area contributed by atoms with E-state index in [1.165, 1.54) is 5.56 Å². The fourth-order valence-corrected chi connectivity index (χ4v) is 3.55. The topological polar surface area (TPSA) is 63.9 Å². The van der Waals surface area contributed by atoms with Gasteiger partial charge in [0, 0.05) is 24.7 Å². The molecule has 0 bridgehead atoms. The van der Waals surface area contributed by atoms with Gasteiger partial charge in [0.1, 0.15) is 17.3 Å². The van der Waals surface area contributed by atoms with E-state index < -0.39 is 0 Å². The molecule has 6 heteroatoms. The van der Waals surface area contributed by atoms with Crippen molar-refractivity contribution >= 4 is 5.91 Å². The third-order valence-electron chi connectivity index (χ3n) is 5.31. The molecule has 0 saturated heterocycles. The number of benzene rings is 2. The number of methoxy groups -OCH3 is 2. The lowest BCUT2D eigenvalue weighted by molar-refractivity contribution is 0.0918. The molecule has 0 spiro atoms. The van der Waals surface area contributed by atoms with Crippen LogP contribution in [0.3, 0.4) is 0 Å². The second-order valence-corrected chi connectivity index (χ2v) is 7.82. The van der Waals surface area contributed by atoms with Gasteiger partial charge in [-0.3, -0.25) is 9.69 Å². The number of nitrogens with zero attached hydrogens (tertiary/aromatic N) is 1. The molecule has 1 aliphatic rings. The third-order valence-corrected chi connectivity index (χ3v) is 5.31. The average Bonchev–Trinajstić information content (AvgIpc) is 3.48. The average molecular weight is 421 g/mol. The second kappa shape index (κ2) is 9.71. The summed E-state index contributed by atoms with van der Waals surface area (Å²) in [5, 5.41) is 2.97. The fourth-order valence-electron chi connectivity index (χ4n) is 3.55. The molecule has 2 aromatic carbocycles. The van der Waals surface area contributed by atoms with E-state index in [4.69, 9.17) is 13.9 Å². The summed E-state index contributed by atoms with van der Waals surface area (Å²) in [4.78, 5) is 14.5. The summed E-state index contributed by atoms with van der Waals surface area (Å²) in [6, 6.07) is 20.0. The van der Waals surface area contributed by atoms with Crippen molar-refractivity contribution in [3.63, 3.8) is 0 Å². The van der Waals surface area contributed by atoms with Gasteiger partial charge in [-0.15, -0.1) is 0 Å². The Morgan fingerprint density at radius 1 is 1.00 bits per heavy atom. The van der Waals surface area contributed by atoms with E-state index in [-0.39, 0.29) is 5.91 Å².